The van der Waals surface area contributed by atoms with E-state index in [0.717, 1.165) is 25.7 Å². The lowest BCUT2D eigenvalue weighted by atomic mass is 10.0. The molecule has 17 heavy (non-hydrogen) atoms. The van der Waals surface area contributed by atoms with Gasteiger partial charge < -0.3 is 15.0 Å². The number of rotatable bonds is 5. The quantitative estimate of drug-likeness (QED) is 0.794. The molecule has 0 aromatic heterocycles. The van der Waals surface area contributed by atoms with Gasteiger partial charge in [-0.05, 0) is 51.6 Å². The second kappa shape index (κ2) is 7.34. The van der Waals surface area contributed by atoms with E-state index in [1.54, 1.807) is 0 Å². The molecule has 2 saturated heterocycles. The van der Waals surface area contributed by atoms with E-state index in [1.165, 1.54) is 51.7 Å². The summed E-state index contributed by atoms with van der Waals surface area (Å²) in [6.07, 6.45) is 6.79. The molecule has 0 bridgehead atoms. The van der Waals surface area contributed by atoms with Crippen molar-refractivity contribution < 1.29 is 4.74 Å². The van der Waals surface area contributed by atoms with E-state index < -0.39 is 0 Å². The van der Waals surface area contributed by atoms with Crippen molar-refractivity contribution in [2.45, 2.75) is 45.1 Å². The fourth-order valence-corrected chi connectivity index (χ4v) is 2.93. The van der Waals surface area contributed by atoms with E-state index in [0.29, 0.717) is 6.04 Å². The van der Waals surface area contributed by atoms with E-state index in [9.17, 15) is 0 Å². The first-order valence-corrected chi connectivity index (χ1v) is 7.38. The fourth-order valence-electron chi connectivity index (χ4n) is 2.93. The van der Waals surface area contributed by atoms with Crippen LogP contribution in [-0.4, -0.2) is 50.3 Å². The first-order chi connectivity index (χ1) is 8.34. The minimum atomic E-state index is 0.620. The Hall–Kier alpha value is -0.120. The standard InChI is InChI=1S/C14H28N2O/c1-13(11-16-7-3-2-4-8-16)15-10-14-6-5-9-17-12-14/h13-15H,2-12H2,1H3. The molecule has 2 rings (SSSR count). The van der Waals surface area contributed by atoms with Crippen molar-refractivity contribution in [2.24, 2.45) is 5.92 Å². The molecule has 100 valence electrons. The summed E-state index contributed by atoms with van der Waals surface area (Å²) in [5.41, 5.74) is 0. The minimum absolute atomic E-state index is 0.620. The maximum Gasteiger partial charge on any atom is 0.0506 e. The molecule has 0 spiro atoms. The van der Waals surface area contributed by atoms with Gasteiger partial charge in [0.1, 0.15) is 0 Å². The van der Waals surface area contributed by atoms with Crippen LogP contribution < -0.4 is 5.32 Å². The van der Waals surface area contributed by atoms with Crippen LogP contribution in [0.5, 0.6) is 0 Å². The molecule has 0 amide bonds. The number of hydrogen-bond acceptors (Lipinski definition) is 3. The molecular formula is C14H28N2O. The van der Waals surface area contributed by atoms with Crippen LogP contribution in [-0.2, 0) is 4.74 Å². The zero-order valence-electron chi connectivity index (χ0n) is 11.3. The average molecular weight is 240 g/mol. The number of likely N-dealkylation sites (tertiary alicyclic amines) is 1. The summed E-state index contributed by atoms with van der Waals surface area (Å²) in [6.45, 7) is 9.21. The van der Waals surface area contributed by atoms with Crippen LogP contribution in [0.3, 0.4) is 0 Å². The zero-order valence-corrected chi connectivity index (χ0v) is 11.3. The molecule has 2 unspecified atom stereocenters. The van der Waals surface area contributed by atoms with Crippen LogP contribution in [0.4, 0.5) is 0 Å². The fraction of sp³-hybridized carbons (Fsp3) is 1.00. The second-order valence-electron chi connectivity index (χ2n) is 5.75. The third-order valence-electron chi connectivity index (χ3n) is 3.99. The van der Waals surface area contributed by atoms with Gasteiger partial charge in [-0.15, -0.1) is 0 Å². The molecule has 3 heteroatoms. The van der Waals surface area contributed by atoms with Crippen LogP contribution in [0.2, 0.25) is 0 Å². The second-order valence-corrected chi connectivity index (χ2v) is 5.75. The number of ether oxygens (including phenoxy) is 1. The molecule has 0 saturated carbocycles. The first kappa shape index (κ1) is 13.3. The summed E-state index contributed by atoms with van der Waals surface area (Å²) in [6, 6.07) is 0.620. The molecule has 2 fully saturated rings. The van der Waals surface area contributed by atoms with Crippen LogP contribution in [0, 0.1) is 5.92 Å². The van der Waals surface area contributed by atoms with Gasteiger partial charge in [0.2, 0.25) is 0 Å². The van der Waals surface area contributed by atoms with Gasteiger partial charge in [-0.1, -0.05) is 6.42 Å². The molecule has 2 heterocycles. The lowest BCUT2D eigenvalue weighted by molar-refractivity contribution is 0.0533. The number of piperidine rings is 1. The summed E-state index contributed by atoms with van der Waals surface area (Å²) in [7, 11) is 0. The van der Waals surface area contributed by atoms with E-state index in [1.807, 2.05) is 0 Å². The van der Waals surface area contributed by atoms with Crippen molar-refractivity contribution >= 4 is 0 Å². The van der Waals surface area contributed by atoms with Gasteiger partial charge in [-0.2, -0.15) is 0 Å². The van der Waals surface area contributed by atoms with E-state index in [4.69, 9.17) is 4.74 Å². The third kappa shape index (κ3) is 4.94. The Kier molecular flexibility index (Phi) is 5.75. The lowest BCUT2D eigenvalue weighted by Gasteiger charge is -2.30. The highest BCUT2D eigenvalue weighted by atomic mass is 16.5. The smallest absolute Gasteiger partial charge is 0.0506 e. The zero-order chi connectivity index (χ0) is 11.9. The Balaban J connectivity index is 1.57. The Morgan fingerprint density at radius 3 is 2.76 bits per heavy atom. The first-order valence-electron chi connectivity index (χ1n) is 7.38. The molecule has 0 aromatic carbocycles. The molecule has 2 aliphatic rings. The summed E-state index contributed by atoms with van der Waals surface area (Å²) >= 11 is 0. The Morgan fingerprint density at radius 2 is 2.06 bits per heavy atom. The number of nitrogens with zero attached hydrogens (tertiary/aromatic N) is 1. The summed E-state index contributed by atoms with van der Waals surface area (Å²) in [5, 5.41) is 3.68. The van der Waals surface area contributed by atoms with Crippen molar-refractivity contribution in [1.29, 1.82) is 0 Å². The van der Waals surface area contributed by atoms with E-state index in [2.05, 4.69) is 17.1 Å². The number of hydrogen-bond donors (Lipinski definition) is 1. The SMILES string of the molecule is CC(CN1CCCCC1)NCC1CCCOC1. The largest absolute Gasteiger partial charge is 0.381 e. The predicted molar refractivity (Wildman–Crippen MR) is 71.3 cm³/mol. The predicted octanol–water partition coefficient (Wildman–Crippen LogP) is 1.88. The maximum absolute atomic E-state index is 5.51. The van der Waals surface area contributed by atoms with Crippen LogP contribution in [0.25, 0.3) is 0 Å². The van der Waals surface area contributed by atoms with Crippen molar-refractivity contribution in [2.75, 3.05) is 39.4 Å². The molecule has 0 aromatic rings. The maximum atomic E-state index is 5.51. The van der Waals surface area contributed by atoms with Crippen molar-refractivity contribution in [3.63, 3.8) is 0 Å². The summed E-state index contributed by atoms with van der Waals surface area (Å²) < 4.78 is 5.51. The van der Waals surface area contributed by atoms with Gasteiger partial charge in [0, 0.05) is 25.7 Å². The lowest BCUT2D eigenvalue weighted by Crippen LogP contribution is -2.43. The number of nitrogens with one attached hydrogen (secondary N) is 1. The van der Waals surface area contributed by atoms with Gasteiger partial charge >= 0.3 is 0 Å². The minimum Gasteiger partial charge on any atom is -0.381 e. The Labute approximate surface area is 106 Å². The van der Waals surface area contributed by atoms with Crippen LogP contribution >= 0.6 is 0 Å². The molecular weight excluding hydrogens is 212 g/mol. The molecule has 0 aliphatic carbocycles. The Bertz CT molecular complexity index is 198. The van der Waals surface area contributed by atoms with E-state index in [-0.39, 0.29) is 0 Å². The molecule has 2 atom stereocenters. The van der Waals surface area contributed by atoms with Crippen molar-refractivity contribution in [3.05, 3.63) is 0 Å². The highest BCUT2D eigenvalue weighted by Gasteiger charge is 2.16. The summed E-state index contributed by atoms with van der Waals surface area (Å²) in [5.74, 6) is 0.743. The van der Waals surface area contributed by atoms with Gasteiger partial charge in [0.15, 0.2) is 0 Å². The Morgan fingerprint density at radius 1 is 1.24 bits per heavy atom. The molecule has 3 nitrogen and oxygen atoms in total. The third-order valence-corrected chi connectivity index (χ3v) is 3.99. The highest BCUT2D eigenvalue weighted by Crippen LogP contribution is 2.13. The highest BCUT2D eigenvalue weighted by molar-refractivity contribution is 4.73. The normalized spacial score (nSPS) is 29.1. The topological polar surface area (TPSA) is 24.5 Å². The van der Waals surface area contributed by atoms with Gasteiger partial charge in [0.05, 0.1) is 6.61 Å². The molecule has 0 radical (unpaired) electrons. The summed E-state index contributed by atoms with van der Waals surface area (Å²) in [4.78, 5) is 2.61. The van der Waals surface area contributed by atoms with Crippen molar-refractivity contribution in [3.8, 4) is 0 Å². The van der Waals surface area contributed by atoms with Gasteiger partial charge in [0.25, 0.3) is 0 Å². The van der Waals surface area contributed by atoms with E-state index >= 15 is 0 Å². The molecule has 1 N–H and O–H groups in total. The molecule has 2 aliphatic heterocycles. The monoisotopic (exact) mass is 240 g/mol. The van der Waals surface area contributed by atoms with Gasteiger partial charge in [-0.25, -0.2) is 0 Å². The van der Waals surface area contributed by atoms with Crippen molar-refractivity contribution in [1.82, 2.24) is 10.2 Å². The van der Waals surface area contributed by atoms with Crippen LogP contribution in [0.1, 0.15) is 39.0 Å². The van der Waals surface area contributed by atoms with Crippen LogP contribution in [0.15, 0.2) is 0 Å². The average Bonchev–Trinajstić information content (AvgIpc) is 2.39. The van der Waals surface area contributed by atoms with Gasteiger partial charge in [-0.3, -0.25) is 0 Å².